The van der Waals surface area contributed by atoms with Gasteiger partial charge in [-0.2, -0.15) is 0 Å². The topological polar surface area (TPSA) is 0 Å². The molecule has 0 aromatic heterocycles. The van der Waals surface area contributed by atoms with Gasteiger partial charge in [-0.25, -0.2) is 0 Å². The van der Waals surface area contributed by atoms with Crippen molar-refractivity contribution in [3.8, 4) is 0 Å². The van der Waals surface area contributed by atoms with E-state index in [1.54, 1.807) is 0 Å². The number of hydrogen-bond donors (Lipinski definition) is 0. The van der Waals surface area contributed by atoms with E-state index in [2.05, 4.69) is 74.5 Å². The van der Waals surface area contributed by atoms with Crippen LogP contribution in [-0.2, 0) is 12.8 Å². The van der Waals surface area contributed by atoms with Gasteiger partial charge < -0.3 is 0 Å². The van der Waals surface area contributed by atoms with Gasteiger partial charge >= 0.3 is 0 Å². The van der Waals surface area contributed by atoms with Gasteiger partial charge in [-0.3, -0.25) is 0 Å². The fraction of sp³-hybridized carbons (Fsp3) is 0.250. The summed E-state index contributed by atoms with van der Waals surface area (Å²) in [7, 11) is 0. The van der Waals surface area contributed by atoms with Crippen LogP contribution in [0.2, 0.25) is 0 Å². The maximum atomic E-state index is 2.35. The third kappa shape index (κ3) is 2.57. The highest BCUT2D eigenvalue weighted by Gasteiger charge is 2.06. The average molecular weight is 312 g/mol. The molecule has 4 rings (SSSR count). The highest BCUT2D eigenvalue weighted by molar-refractivity contribution is 6.17. The molecule has 0 aliphatic rings. The molecule has 0 bridgehead atoms. The van der Waals surface area contributed by atoms with Gasteiger partial charge in [-0.05, 0) is 56.3 Å². The Kier molecular flexibility index (Phi) is 3.98. The molecule has 120 valence electrons. The quantitative estimate of drug-likeness (QED) is 0.354. The van der Waals surface area contributed by atoms with Gasteiger partial charge in [-0.1, -0.05) is 87.4 Å². The number of aryl methyl sites for hydroxylation is 2. The Morgan fingerprint density at radius 3 is 1.33 bits per heavy atom. The lowest BCUT2D eigenvalue weighted by molar-refractivity contribution is 0.923. The smallest absolute Gasteiger partial charge is 0.00990 e. The molecule has 0 radical (unpaired) electrons. The van der Waals surface area contributed by atoms with Crippen molar-refractivity contribution in [1.29, 1.82) is 0 Å². The third-order valence-corrected chi connectivity index (χ3v) is 5.04. The predicted octanol–water partition coefficient (Wildman–Crippen LogP) is 7.05. The zero-order valence-corrected chi connectivity index (χ0v) is 14.6. The second kappa shape index (κ2) is 6.28. The van der Waals surface area contributed by atoms with Gasteiger partial charge in [-0.15, -0.1) is 0 Å². The molecule has 0 unspecified atom stereocenters. The van der Waals surface area contributed by atoms with Crippen LogP contribution in [0.25, 0.3) is 32.3 Å². The molecule has 0 heterocycles. The standard InChI is InChI=1S/C24H24/c1-3-5-17-7-11-21-19(15-17)9-13-24-22-12-8-18(6-4-2)16-20(22)10-14-23(21)24/h7-16H,3-6H2,1-2H3. The van der Waals surface area contributed by atoms with Gasteiger partial charge in [0.25, 0.3) is 0 Å². The molecule has 0 atom stereocenters. The molecule has 0 aliphatic heterocycles. The average Bonchev–Trinajstić information content (AvgIpc) is 2.61. The molecular formula is C24H24. The molecule has 0 nitrogen and oxygen atoms in total. The summed E-state index contributed by atoms with van der Waals surface area (Å²) in [6, 6.07) is 23.1. The first-order valence-electron chi connectivity index (χ1n) is 9.17. The zero-order chi connectivity index (χ0) is 16.5. The molecule has 4 aromatic rings. The molecule has 0 heteroatoms. The van der Waals surface area contributed by atoms with Gasteiger partial charge in [0.15, 0.2) is 0 Å². The lowest BCUT2D eigenvalue weighted by atomic mass is 9.94. The van der Waals surface area contributed by atoms with Crippen molar-refractivity contribution in [1.82, 2.24) is 0 Å². The van der Waals surface area contributed by atoms with E-state index in [-0.39, 0.29) is 0 Å². The van der Waals surface area contributed by atoms with E-state index in [9.17, 15) is 0 Å². The molecule has 0 spiro atoms. The molecule has 4 aromatic carbocycles. The number of hydrogen-bond acceptors (Lipinski definition) is 0. The van der Waals surface area contributed by atoms with E-state index >= 15 is 0 Å². The predicted molar refractivity (Wildman–Crippen MR) is 107 cm³/mol. The molecular weight excluding hydrogens is 288 g/mol. The lowest BCUT2D eigenvalue weighted by Crippen LogP contribution is -1.87. The first-order chi connectivity index (χ1) is 11.8. The summed E-state index contributed by atoms with van der Waals surface area (Å²) in [5.41, 5.74) is 2.88. The van der Waals surface area contributed by atoms with Crippen LogP contribution in [0.3, 0.4) is 0 Å². The fourth-order valence-electron chi connectivity index (χ4n) is 3.87. The van der Waals surface area contributed by atoms with Crippen molar-refractivity contribution in [3.63, 3.8) is 0 Å². The Bertz CT molecular complexity index is 939. The van der Waals surface area contributed by atoms with Crippen LogP contribution in [0.15, 0.2) is 60.7 Å². The highest BCUT2D eigenvalue weighted by atomic mass is 14.1. The minimum atomic E-state index is 1.16. The summed E-state index contributed by atoms with van der Waals surface area (Å²) in [5, 5.41) is 8.18. The van der Waals surface area contributed by atoms with Crippen LogP contribution in [0.4, 0.5) is 0 Å². The summed E-state index contributed by atoms with van der Waals surface area (Å²) in [6.07, 6.45) is 4.71. The van der Waals surface area contributed by atoms with E-state index in [4.69, 9.17) is 0 Å². The maximum absolute atomic E-state index is 2.35. The van der Waals surface area contributed by atoms with Crippen LogP contribution in [0, 0.1) is 0 Å². The van der Waals surface area contributed by atoms with Crippen LogP contribution >= 0.6 is 0 Å². The highest BCUT2D eigenvalue weighted by Crippen LogP contribution is 2.32. The van der Waals surface area contributed by atoms with Crippen molar-refractivity contribution >= 4 is 32.3 Å². The van der Waals surface area contributed by atoms with Gasteiger partial charge in [0, 0.05) is 0 Å². The Morgan fingerprint density at radius 2 is 0.917 bits per heavy atom. The van der Waals surface area contributed by atoms with E-state index in [0.717, 1.165) is 12.8 Å². The number of rotatable bonds is 4. The SMILES string of the molecule is CCCc1ccc2c(ccc3c4ccc(CCC)cc4ccc23)c1. The molecule has 0 saturated heterocycles. The minimum absolute atomic E-state index is 1.16. The molecule has 0 amide bonds. The Hall–Kier alpha value is -2.34. The van der Waals surface area contributed by atoms with E-state index in [1.807, 2.05) is 0 Å². The van der Waals surface area contributed by atoms with Gasteiger partial charge in [0.1, 0.15) is 0 Å². The maximum Gasteiger partial charge on any atom is -0.00990 e. The van der Waals surface area contributed by atoms with Crippen molar-refractivity contribution in [3.05, 3.63) is 71.8 Å². The summed E-state index contributed by atoms with van der Waals surface area (Å²) in [6.45, 7) is 4.48. The summed E-state index contributed by atoms with van der Waals surface area (Å²) < 4.78 is 0. The van der Waals surface area contributed by atoms with Gasteiger partial charge in [0.05, 0.1) is 0 Å². The largest absolute Gasteiger partial charge is 0.0651 e. The Labute approximate surface area is 144 Å². The number of benzene rings is 4. The van der Waals surface area contributed by atoms with Crippen molar-refractivity contribution in [2.45, 2.75) is 39.5 Å². The molecule has 0 N–H and O–H groups in total. The van der Waals surface area contributed by atoms with E-state index in [1.165, 1.54) is 56.3 Å². The van der Waals surface area contributed by atoms with Crippen LogP contribution < -0.4 is 0 Å². The first-order valence-corrected chi connectivity index (χ1v) is 9.17. The van der Waals surface area contributed by atoms with Crippen molar-refractivity contribution in [2.24, 2.45) is 0 Å². The fourth-order valence-corrected chi connectivity index (χ4v) is 3.87. The van der Waals surface area contributed by atoms with Crippen LogP contribution in [-0.4, -0.2) is 0 Å². The van der Waals surface area contributed by atoms with Crippen LogP contribution in [0.5, 0.6) is 0 Å². The zero-order valence-electron chi connectivity index (χ0n) is 14.6. The molecule has 24 heavy (non-hydrogen) atoms. The van der Waals surface area contributed by atoms with E-state index in [0.29, 0.717) is 0 Å². The molecule has 0 saturated carbocycles. The minimum Gasteiger partial charge on any atom is -0.0651 e. The Morgan fingerprint density at radius 1 is 0.500 bits per heavy atom. The van der Waals surface area contributed by atoms with E-state index < -0.39 is 0 Å². The second-order valence-electron chi connectivity index (χ2n) is 6.84. The Balaban J connectivity index is 1.95. The monoisotopic (exact) mass is 312 g/mol. The number of fused-ring (bicyclic) bond motifs is 5. The second-order valence-corrected chi connectivity index (χ2v) is 6.84. The summed E-state index contributed by atoms with van der Waals surface area (Å²) >= 11 is 0. The third-order valence-electron chi connectivity index (χ3n) is 5.04. The van der Waals surface area contributed by atoms with Crippen molar-refractivity contribution in [2.75, 3.05) is 0 Å². The van der Waals surface area contributed by atoms with Crippen molar-refractivity contribution < 1.29 is 0 Å². The summed E-state index contributed by atoms with van der Waals surface area (Å²) in [4.78, 5) is 0. The first kappa shape index (κ1) is 15.2. The summed E-state index contributed by atoms with van der Waals surface area (Å²) in [5.74, 6) is 0. The normalized spacial score (nSPS) is 11.6. The molecule has 0 fully saturated rings. The van der Waals surface area contributed by atoms with Crippen LogP contribution in [0.1, 0.15) is 37.8 Å². The van der Waals surface area contributed by atoms with Gasteiger partial charge in [0.2, 0.25) is 0 Å². The lowest BCUT2D eigenvalue weighted by Gasteiger charge is -2.10. The molecule has 0 aliphatic carbocycles.